The summed E-state index contributed by atoms with van der Waals surface area (Å²) in [6.45, 7) is 11.3. The summed E-state index contributed by atoms with van der Waals surface area (Å²) in [5.41, 5.74) is 37.0. The van der Waals surface area contributed by atoms with Gasteiger partial charge in [-0.05, 0) is 112 Å². The molecule has 5 heteroatoms. The van der Waals surface area contributed by atoms with Crippen molar-refractivity contribution in [1.82, 2.24) is 0 Å². The minimum Gasteiger partial charge on any atom is -0.399 e. The first kappa shape index (κ1) is 28.1. The monoisotopic (exact) mass is 522 g/mol. The molecular weight excluding hydrogens is 480 g/mol. The molecule has 0 spiro atoms. The van der Waals surface area contributed by atoms with Gasteiger partial charge < -0.3 is 27.7 Å². The van der Waals surface area contributed by atoms with E-state index in [4.69, 9.17) is 27.7 Å². The van der Waals surface area contributed by atoms with Gasteiger partial charge in [-0.1, -0.05) is 52.0 Å². The lowest BCUT2D eigenvalue weighted by molar-refractivity contribution is 0.0633. The molecule has 204 valence electrons. The largest absolute Gasteiger partial charge is 0.399 e. The molecule has 8 N–H and O–H groups in total. The molecule has 0 saturated carbocycles. The summed E-state index contributed by atoms with van der Waals surface area (Å²) in [4.78, 5) is 0. The number of anilines is 4. The molecular formula is C34H42N4O. The summed E-state index contributed by atoms with van der Waals surface area (Å²) in [5, 5.41) is 0. The van der Waals surface area contributed by atoms with Gasteiger partial charge in [-0.3, -0.25) is 0 Å². The van der Waals surface area contributed by atoms with Crippen LogP contribution in [0.2, 0.25) is 0 Å². The predicted octanol–water partition coefficient (Wildman–Crippen LogP) is 7.53. The standard InChI is InChI=1S/C34H42N4O/c1-6-21-16-25(36)12-14-27(21)29-20-31(34(3,4)5)32(38)17-23(29)18-33(39-7-2)30-19-26(37)13-15-28(30)22-8-10-24(35)11-9-22/h8-17,19-20,33H,6-7,18,35-38H2,1-5H3. The number of hydrogen-bond donors (Lipinski definition) is 4. The van der Waals surface area contributed by atoms with Crippen LogP contribution in [0.1, 0.15) is 63.0 Å². The highest BCUT2D eigenvalue weighted by Gasteiger charge is 2.24. The Kier molecular flexibility index (Phi) is 8.22. The zero-order valence-corrected chi connectivity index (χ0v) is 23.8. The molecule has 0 fully saturated rings. The van der Waals surface area contributed by atoms with Gasteiger partial charge in [-0.15, -0.1) is 0 Å². The maximum absolute atomic E-state index is 6.70. The van der Waals surface area contributed by atoms with E-state index in [-0.39, 0.29) is 11.5 Å². The number of rotatable bonds is 8. The fourth-order valence-electron chi connectivity index (χ4n) is 5.33. The topological polar surface area (TPSA) is 113 Å². The molecule has 0 aliphatic carbocycles. The Morgan fingerprint density at radius 3 is 1.90 bits per heavy atom. The molecule has 4 aromatic carbocycles. The van der Waals surface area contributed by atoms with Gasteiger partial charge in [-0.25, -0.2) is 0 Å². The lowest BCUT2D eigenvalue weighted by Gasteiger charge is -2.27. The molecule has 0 aliphatic heterocycles. The van der Waals surface area contributed by atoms with E-state index in [9.17, 15) is 0 Å². The summed E-state index contributed by atoms with van der Waals surface area (Å²) in [7, 11) is 0. The lowest BCUT2D eigenvalue weighted by Crippen LogP contribution is -2.16. The second-order valence-corrected chi connectivity index (χ2v) is 11.2. The highest BCUT2D eigenvalue weighted by atomic mass is 16.5. The zero-order chi connectivity index (χ0) is 28.3. The van der Waals surface area contributed by atoms with Crippen LogP contribution >= 0.6 is 0 Å². The predicted molar refractivity (Wildman–Crippen MR) is 168 cm³/mol. The van der Waals surface area contributed by atoms with Gasteiger partial charge >= 0.3 is 0 Å². The van der Waals surface area contributed by atoms with Crippen LogP contribution in [-0.2, 0) is 23.0 Å². The van der Waals surface area contributed by atoms with E-state index in [1.54, 1.807) is 0 Å². The van der Waals surface area contributed by atoms with E-state index < -0.39 is 0 Å². The van der Waals surface area contributed by atoms with Gasteiger partial charge in [0.15, 0.2) is 0 Å². The maximum Gasteiger partial charge on any atom is 0.0872 e. The Bertz CT molecular complexity index is 1450. The van der Waals surface area contributed by atoms with Crippen molar-refractivity contribution in [3.05, 3.63) is 95.1 Å². The molecule has 0 aliphatic rings. The van der Waals surface area contributed by atoms with Gasteiger partial charge in [0.25, 0.3) is 0 Å². The second kappa shape index (κ2) is 11.4. The highest BCUT2D eigenvalue weighted by Crippen LogP contribution is 2.40. The third kappa shape index (κ3) is 6.21. The number of hydrogen-bond acceptors (Lipinski definition) is 5. The fraction of sp³-hybridized carbons (Fsp3) is 0.294. The van der Waals surface area contributed by atoms with Gasteiger partial charge in [0.2, 0.25) is 0 Å². The van der Waals surface area contributed by atoms with Gasteiger partial charge in [0.1, 0.15) is 0 Å². The molecule has 0 radical (unpaired) electrons. The molecule has 1 unspecified atom stereocenters. The van der Waals surface area contributed by atoms with Crippen LogP contribution in [0.25, 0.3) is 22.3 Å². The molecule has 0 heterocycles. The van der Waals surface area contributed by atoms with Crippen molar-refractivity contribution in [2.24, 2.45) is 0 Å². The third-order valence-corrected chi connectivity index (χ3v) is 7.30. The summed E-state index contributed by atoms with van der Waals surface area (Å²) in [6, 6.07) is 24.5. The summed E-state index contributed by atoms with van der Waals surface area (Å²) in [5.74, 6) is 0. The number of aryl methyl sites for hydroxylation is 1. The van der Waals surface area contributed by atoms with Crippen molar-refractivity contribution in [2.75, 3.05) is 29.5 Å². The molecule has 4 rings (SSSR count). The minimum atomic E-state index is -0.233. The summed E-state index contributed by atoms with van der Waals surface area (Å²) >= 11 is 0. The maximum atomic E-state index is 6.70. The number of nitrogens with two attached hydrogens (primary N) is 4. The van der Waals surface area contributed by atoms with Crippen molar-refractivity contribution < 1.29 is 4.74 Å². The summed E-state index contributed by atoms with van der Waals surface area (Å²) < 4.78 is 6.44. The number of nitrogen functional groups attached to an aromatic ring is 4. The van der Waals surface area contributed by atoms with E-state index in [1.807, 2.05) is 49.4 Å². The van der Waals surface area contributed by atoms with Crippen molar-refractivity contribution in [3.8, 4) is 22.3 Å². The van der Waals surface area contributed by atoms with E-state index in [0.29, 0.717) is 18.7 Å². The Morgan fingerprint density at radius 2 is 1.28 bits per heavy atom. The average Bonchev–Trinajstić information content (AvgIpc) is 2.88. The molecule has 0 aromatic heterocycles. The van der Waals surface area contributed by atoms with Gasteiger partial charge in [0, 0.05) is 35.8 Å². The van der Waals surface area contributed by atoms with Crippen LogP contribution < -0.4 is 22.9 Å². The number of benzene rings is 4. The first-order chi connectivity index (χ1) is 18.5. The van der Waals surface area contributed by atoms with Gasteiger partial charge in [-0.2, -0.15) is 0 Å². The SMILES string of the molecule is CCOC(Cc1cc(N)c(C(C)(C)C)cc1-c1ccc(N)cc1CC)c1cc(N)ccc1-c1ccc(N)cc1. The van der Waals surface area contributed by atoms with E-state index in [2.05, 4.69) is 58.0 Å². The van der Waals surface area contributed by atoms with Crippen LogP contribution in [-0.4, -0.2) is 6.61 Å². The summed E-state index contributed by atoms with van der Waals surface area (Å²) in [6.07, 6.45) is 1.28. The Labute approximate surface area is 233 Å². The Morgan fingerprint density at radius 1 is 0.667 bits per heavy atom. The fourth-order valence-corrected chi connectivity index (χ4v) is 5.33. The van der Waals surface area contributed by atoms with Crippen LogP contribution in [0.3, 0.4) is 0 Å². The molecule has 0 bridgehead atoms. The smallest absolute Gasteiger partial charge is 0.0872 e. The first-order valence-electron chi connectivity index (χ1n) is 13.7. The molecule has 0 saturated heterocycles. The molecule has 0 amide bonds. The highest BCUT2D eigenvalue weighted by molar-refractivity contribution is 5.77. The van der Waals surface area contributed by atoms with Crippen LogP contribution in [0, 0.1) is 0 Å². The van der Waals surface area contributed by atoms with Crippen molar-refractivity contribution >= 4 is 22.7 Å². The molecule has 39 heavy (non-hydrogen) atoms. The van der Waals surface area contributed by atoms with Crippen molar-refractivity contribution in [3.63, 3.8) is 0 Å². The average molecular weight is 523 g/mol. The third-order valence-electron chi connectivity index (χ3n) is 7.30. The van der Waals surface area contributed by atoms with Crippen molar-refractivity contribution in [1.29, 1.82) is 0 Å². The second-order valence-electron chi connectivity index (χ2n) is 11.2. The normalized spacial score (nSPS) is 12.4. The minimum absolute atomic E-state index is 0.104. The van der Waals surface area contributed by atoms with Crippen molar-refractivity contribution in [2.45, 2.75) is 59.0 Å². The molecule has 4 aromatic rings. The van der Waals surface area contributed by atoms with E-state index in [1.165, 1.54) is 11.1 Å². The Hall–Kier alpha value is -3.96. The van der Waals surface area contributed by atoms with Crippen LogP contribution in [0.15, 0.2) is 72.8 Å². The zero-order valence-electron chi connectivity index (χ0n) is 23.8. The van der Waals surface area contributed by atoms with Gasteiger partial charge in [0.05, 0.1) is 6.10 Å². The molecule has 1 atom stereocenters. The lowest BCUT2D eigenvalue weighted by atomic mass is 9.80. The first-order valence-corrected chi connectivity index (χ1v) is 13.7. The van der Waals surface area contributed by atoms with Crippen LogP contribution in [0.5, 0.6) is 0 Å². The van der Waals surface area contributed by atoms with E-state index in [0.717, 1.165) is 56.9 Å². The van der Waals surface area contributed by atoms with E-state index >= 15 is 0 Å². The number of ether oxygens (including phenoxy) is 1. The quantitative estimate of drug-likeness (QED) is 0.179. The Balaban J connectivity index is 1.90. The molecule has 5 nitrogen and oxygen atoms in total. The van der Waals surface area contributed by atoms with Crippen LogP contribution in [0.4, 0.5) is 22.7 Å².